The van der Waals surface area contributed by atoms with Crippen LogP contribution in [0.15, 0.2) is 28.8 Å². The normalized spacial score (nSPS) is 15.9. The van der Waals surface area contributed by atoms with Crippen LogP contribution in [-0.4, -0.2) is 54.0 Å². The second-order valence-corrected chi connectivity index (χ2v) is 7.23. The summed E-state index contributed by atoms with van der Waals surface area (Å²) in [5.74, 6) is 1.74. The Balaban J connectivity index is 1.61. The molecule has 0 bridgehead atoms. The molecule has 0 unspecified atom stereocenters. The van der Waals surface area contributed by atoms with Crippen molar-refractivity contribution in [3.8, 4) is 11.5 Å². The molecule has 7 nitrogen and oxygen atoms in total. The summed E-state index contributed by atoms with van der Waals surface area (Å²) in [5, 5.41) is 13.0. The van der Waals surface area contributed by atoms with Crippen molar-refractivity contribution in [2.75, 3.05) is 25.5 Å². The Morgan fingerprint density at radius 2 is 2.07 bits per heavy atom. The van der Waals surface area contributed by atoms with Gasteiger partial charge in [-0.2, -0.15) is 0 Å². The minimum Gasteiger partial charge on any atom is -0.421 e. The number of likely N-dealkylation sites (tertiary alicyclic amines) is 1. The lowest BCUT2D eigenvalue weighted by atomic mass is 9.89. The smallest absolute Gasteiger partial charge is 0.247 e. The lowest BCUT2D eigenvalue weighted by Gasteiger charge is -2.28. The van der Waals surface area contributed by atoms with E-state index in [0.717, 1.165) is 47.7 Å². The summed E-state index contributed by atoms with van der Waals surface area (Å²) >= 11 is 0. The van der Waals surface area contributed by atoms with E-state index < -0.39 is 0 Å². The molecule has 1 amide bonds. The minimum absolute atomic E-state index is 0.0470. The van der Waals surface area contributed by atoms with Gasteiger partial charge in [0.05, 0.1) is 0 Å². The monoisotopic (exact) mass is 363 g/mol. The molecular weight excluding hydrogens is 341 g/mol. The number of amides is 1. The molecule has 1 N–H and O–H groups in total. The van der Waals surface area contributed by atoms with E-state index in [2.05, 4.69) is 32.4 Å². The molecule has 0 radical (unpaired) electrons. The lowest BCUT2D eigenvalue weighted by Crippen LogP contribution is -2.36. The molecule has 3 heterocycles. The second kappa shape index (κ2) is 7.11. The van der Waals surface area contributed by atoms with E-state index in [1.54, 1.807) is 13.1 Å². The highest BCUT2D eigenvalue weighted by Gasteiger charge is 2.24. The molecule has 138 valence electrons. The number of rotatable bonds is 3. The van der Waals surface area contributed by atoms with Crippen LogP contribution in [0.3, 0.4) is 0 Å². The Bertz CT molecular complexity index is 995. The number of hydrogen-bond donors (Lipinski definition) is 1. The van der Waals surface area contributed by atoms with Crippen LogP contribution in [0.25, 0.3) is 22.2 Å². The van der Waals surface area contributed by atoms with Gasteiger partial charge in [0.1, 0.15) is 13.7 Å². The van der Waals surface area contributed by atoms with Crippen molar-refractivity contribution in [2.24, 2.45) is 5.92 Å². The van der Waals surface area contributed by atoms with Gasteiger partial charge in [0.15, 0.2) is 0 Å². The molecule has 1 aliphatic rings. The van der Waals surface area contributed by atoms with E-state index in [1.165, 1.54) is 0 Å². The fraction of sp³-hybridized carbons (Fsp3) is 0.368. The van der Waals surface area contributed by atoms with E-state index in [1.807, 2.05) is 26.0 Å². The number of benzene rings is 1. The largest absolute Gasteiger partial charge is 0.421 e. The number of nitrogens with zero attached hydrogens (tertiary/aromatic N) is 4. The van der Waals surface area contributed by atoms with Gasteiger partial charge in [-0.1, -0.05) is 6.07 Å². The van der Waals surface area contributed by atoms with Gasteiger partial charge in [0.2, 0.25) is 17.7 Å². The number of pyridine rings is 1. The topological polar surface area (TPSA) is 84.2 Å². The van der Waals surface area contributed by atoms with Crippen LogP contribution in [-0.2, 0) is 4.79 Å². The Kier molecular flexibility index (Phi) is 4.65. The van der Waals surface area contributed by atoms with Crippen LogP contribution in [0.2, 0.25) is 0 Å². The first kappa shape index (κ1) is 17.7. The van der Waals surface area contributed by atoms with Crippen molar-refractivity contribution in [1.82, 2.24) is 20.1 Å². The molecule has 1 aliphatic heterocycles. The summed E-state index contributed by atoms with van der Waals surface area (Å²) in [6.45, 7) is 3.67. The highest BCUT2D eigenvalue weighted by atomic mass is 16.4. The number of piperidine rings is 1. The second-order valence-electron chi connectivity index (χ2n) is 7.23. The Hall–Kier alpha value is -2.74. The first-order chi connectivity index (χ1) is 13.0. The molecule has 0 aliphatic carbocycles. The number of carbonyl (C=O) groups excluding carboxylic acids is 1. The van der Waals surface area contributed by atoms with Crippen LogP contribution in [0.1, 0.15) is 18.7 Å². The molecule has 1 aromatic carbocycles. The van der Waals surface area contributed by atoms with Crippen molar-refractivity contribution in [1.29, 1.82) is 0 Å². The molecule has 8 heteroatoms. The van der Waals surface area contributed by atoms with Crippen LogP contribution in [0, 0.1) is 12.8 Å². The van der Waals surface area contributed by atoms with Gasteiger partial charge < -0.3 is 14.6 Å². The molecule has 1 fully saturated rings. The van der Waals surface area contributed by atoms with E-state index in [4.69, 9.17) is 4.42 Å². The number of nitrogens with one attached hydrogen (secondary N) is 1. The zero-order chi connectivity index (χ0) is 19.0. The summed E-state index contributed by atoms with van der Waals surface area (Å²) in [5.41, 5.74) is 1.79. The van der Waals surface area contributed by atoms with Crippen molar-refractivity contribution in [3.05, 3.63) is 30.3 Å². The highest BCUT2D eigenvalue weighted by molar-refractivity contribution is 6.42. The van der Waals surface area contributed by atoms with Gasteiger partial charge in [-0.05, 0) is 61.3 Å². The van der Waals surface area contributed by atoms with E-state index in [9.17, 15) is 4.79 Å². The van der Waals surface area contributed by atoms with E-state index >= 15 is 0 Å². The van der Waals surface area contributed by atoms with Crippen molar-refractivity contribution in [3.63, 3.8) is 0 Å². The van der Waals surface area contributed by atoms with Gasteiger partial charge in [-0.3, -0.25) is 4.79 Å². The van der Waals surface area contributed by atoms with Crippen LogP contribution in [0.5, 0.6) is 0 Å². The minimum atomic E-state index is 0.0470. The predicted octanol–water partition coefficient (Wildman–Crippen LogP) is 1.13. The first-order valence-electron chi connectivity index (χ1n) is 9.20. The molecule has 4 rings (SSSR count). The summed E-state index contributed by atoms with van der Waals surface area (Å²) in [4.78, 5) is 19.4. The fourth-order valence-corrected chi connectivity index (χ4v) is 3.51. The molecule has 27 heavy (non-hydrogen) atoms. The maximum atomic E-state index is 12.7. The third-order valence-corrected chi connectivity index (χ3v) is 5.25. The van der Waals surface area contributed by atoms with Crippen molar-refractivity contribution in [2.45, 2.75) is 19.8 Å². The molecule has 0 spiro atoms. The number of aryl methyl sites for hydroxylation is 1. The summed E-state index contributed by atoms with van der Waals surface area (Å²) in [7, 11) is 4.06. The summed E-state index contributed by atoms with van der Waals surface area (Å²) in [6, 6.07) is 5.92. The molecule has 2 aromatic heterocycles. The van der Waals surface area contributed by atoms with Gasteiger partial charge in [-0.15, -0.1) is 10.2 Å². The Morgan fingerprint density at radius 3 is 2.78 bits per heavy atom. The van der Waals surface area contributed by atoms with E-state index in [0.29, 0.717) is 17.6 Å². The van der Waals surface area contributed by atoms with Crippen LogP contribution < -0.4 is 10.8 Å². The van der Waals surface area contributed by atoms with Crippen molar-refractivity contribution < 1.29 is 9.21 Å². The van der Waals surface area contributed by atoms with Gasteiger partial charge >= 0.3 is 0 Å². The summed E-state index contributed by atoms with van der Waals surface area (Å²) in [6.07, 6.45) is 3.56. The Morgan fingerprint density at radius 1 is 1.30 bits per heavy atom. The fourth-order valence-electron chi connectivity index (χ4n) is 3.51. The number of hydrogen-bond acceptors (Lipinski definition) is 6. The average Bonchev–Trinajstić information content (AvgIpc) is 3.11. The van der Waals surface area contributed by atoms with Gasteiger partial charge in [0, 0.05) is 24.6 Å². The third-order valence-electron chi connectivity index (χ3n) is 5.25. The zero-order valence-corrected chi connectivity index (χ0v) is 15.8. The maximum Gasteiger partial charge on any atom is 0.247 e. The van der Waals surface area contributed by atoms with E-state index in [-0.39, 0.29) is 11.8 Å². The number of fused-ring (bicyclic) bond motifs is 1. The number of anilines is 1. The van der Waals surface area contributed by atoms with Gasteiger partial charge in [0.25, 0.3) is 0 Å². The third kappa shape index (κ3) is 3.57. The number of aromatic nitrogens is 3. The van der Waals surface area contributed by atoms with Crippen molar-refractivity contribution >= 4 is 35.8 Å². The molecule has 0 atom stereocenters. The van der Waals surface area contributed by atoms with Crippen LogP contribution >= 0.6 is 0 Å². The van der Waals surface area contributed by atoms with Gasteiger partial charge in [-0.25, -0.2) is 4.98 Å². The number of carbonyl (C=O) groups is 1. The lowest BCUT2D eigenvalue weighted by molar-refractivity contribution is -0.121. The maximum absolute atomic E-state index is 12.7. The average molecular weight is 363 g/mol. The SMILES string of the molecule is Bc1c(NC(=O)C2CCN(C)CC2)ncc2ccc(-c3nnc(C)o3)cc12. The molecule has 0 saturated carbocycles. The summed E-state index contributed by atoms with van der Waals surface area (Å²) < 4.78 is 5.53. The zero-order valence-electron chi connectivity index (χ0n) is 15.8. The molecular formula is C19H22BN5O2. The quantitative estimate of drug-likeness (QED) is 0.703. The molecule has 1 saturated heterocycles. The highest BCUT2D eigenvalue weighted by Crippen LogP contribution is 2.24. The predicted molar refractivity (Wildman–Crippen MR) is 107 cm³/mol. The first-order valence-corrected chi connectivity index (χ1v) is 9.20. The Labute approximate surface area is 158 Å². The van der Waals surface area contributed by atoms with Crippen LogP contribution in [0.4, 0.5) is 5.82 Å². The standard InChI is InChI=1S/C19H22BN5O2/c1-11-23-24-19(27-11)13-3-4-14-10-21-17(16(20)15(14)9-13)22-18(26)12-5-7-25(2)8-6-12/h3-4,9-10,12H,5-8,20H2,1-2H3,(H,21,22,26). The molecule has 3 aromatic rings.